The standard InChI is InChI=1S/C14H18ClN3O/c1-10(18-14(16)13(15)9-17-18)3-4-11-5-7-12(19-2)8-6-11/h5-10H,3-4,16H2,1-2H3. The fraction of sp³-hybridized carbons (Fsp3) is 0.357. The zero-order chi connectivity index (χ0) is 13.8. The summed E-state index contributed by atoms with van der Waals surface area (Å²) in [5, 5.41) is 4.71. The Morgan fingerprint density at radius 3 is 2.58 bits per heavy atom. The average molecular weight is 280 g/mol. The Hall–Kier alpha value is -1.68. The molecule has 1 unspecified atom stereocenters. The predicted molar refractivity (Wildman–Crippen MR) is 77.7 cm³/mol. The second kappa shape index (κ2) is 5.97. The lowest BCUT2D eigenvalue weighted by atomic mass is 10.1. The maximum Gasteiger partial charge on any atom is 0.140 e. The number of nitrogens with two attached hydrogens (primary N) is 1. The quantitative estimate of drug-likeness (QED) is 0.913. The molecule has 2 N–H and O–H groups in total. The van der Waals surface area contributed by atoms with Crippen LogP contribution in [0.5, 0.6) is 5.75 Å². The van der Waals surface area contributed by atoms with Crippen LogP contribution in [-0.4, -0.2) is 16.9 Å². The van der Waals surface area contributed by atoms with E-state index < -0.39 is 0 Å². The highest BCUT2D eigenvalue weighted by molar-refractivity contribution is 6.32. The molecule has 0 amide bonds. The van der Waals surface area contributed by atoms with Crippen LogP contribution < -0.4 is 10.5 Å². The van der Waals surface area contributed by atoms with Gasteiger partial charge in [0.05, 0.1) is 19.3 Å². The van der Waals surface area contributed by atoms with Crippen molar-refractivity contribution in [2.75, 3.05) is 12.8 Å². The Kier molecular flexibility index (Phi) is 4.32. The van der Waals surface area contributed by atoms with Gasteiger partial charge in [0.25, 0.3) is 0 Å². The molecule has 1 atom stereocenters. The number of methoxy groups -OCH3 is 1. The van der Waals surface area contributed by atoms with E-state index >= 15 is 0 Å². The van der Waals surface area contributed by atoms with E-state index in [1.807, 2.05) is 12.1 Å². The highest BCUT2D eigenvalue weighted by atomic mass is 35.5. The van der Waals surface area contributed by atoms with Crippen LogP contribution in [0.15, 0.2) is 30.5 Å². The first-order valence-electron chi connectivity index (χ1n) is 6.23. The molecule has 0 aliphatic rings. The van der Waals surface area contributed by atoms with Crippen LogP contribution in [0.25, 0.3) is 0 Å². The molecule has 4 nitrogen and oxygen atoms in total. The summed E-state index contributed by atoms with van der Waals surface area (Å²) in [6.45, 7) is 2.09. The average Bonchev–Trinajstić information content (AvgIpc) is 2.77. The molecule has 1 aromatic heterocycles. The molecular formula is C14H18ClN3O. The smallest absolute Gasteiger partial charge is 0.140 e. The lowest BCUT2D eigenvalue weighted by molar-refractivity contribution is 0.414. The maximum atomic E-state index is 5.90. The highest BCUT2D eigenvalue weighted by Crippen LogP contribution is 2.24. The van der Waals surface area contributed by atoms with E-state index in [2.05, 4.69) is 24.2 Å². The number of nitrogens with zero attached hydrogens (tertiary/aromatic N) is 2. The molecule has 0 saturated heterocycles. The van der Waals surface area contributed by atoms with Gasteiger partial charge in [-0.1, -0.05) is 23.7 Å². The number of anilines is 1. The van der Waals surface area contributed by atoms with Gasteiger partial charge < -0.3 is 10.5 Å². The summed E-state index contributed by atoms with van der Waals surface area (Å²) in [4.78, 5) is 0. The summed E-state index contributed by atoms with van der Waals surface area (Å²) in [6, 6.07) is 8.31. The molecule has 0 fully saturated rings. The Balaban J connectivity index is 1.96. The number of nitrogen functional groups attached to an aromatic ring is 1. The van der Waals surface area contributed by atoms with Gasteiger partial charge in [0.15, 0.2) is 0 Å². The first kappa shape index (κ1) is 13.7. The molecule has 2 rings (SSSR count). The normalized spacial score (nSPS) is 12.4. The van der Waals surface area contributed by atoms with Crippen molar-refractivity contribution in [2.24, 2.45) is 0 Å². The SMILES string of the molecule is COc1ccc(CCC(C)n2ncc(Cl)c2N)cc1. The zero-order valence-corrected chi connectivity index (χ0v) is 11.9. The summed E-state index contributed by atoms with van der Waals surface area (Å²) in [5.74, 6) is 1.41. The Morgan fingerprint density at radius 2 is 2.05 bits per heavy atom. The number of benzene rings is 1. The summed E-state index contributed by atoms with van der Waals surface area (Å²) in [6.07, 6.45) is 3.50. The Labute approximate surface area is 118 Å². The molecule has 5 heteroatoms. The number of rotatable bonds is 5. The van der Waals surface area contributed by atoms with Gasteiger partial charge in [-0.25, -0.2) is 4.68 Å². The first-order valence-corrected chi connectivity index (χ1v) is 6.61. The van der Waals surface area contributed by atoms with Crippen molar-refractivity contribution in [3.05, 3.63) is 41.0 Å². The Bertz CT molecular complexity index is 536. The lowest BCUT2D eigenvalue weighted by Gasteiger charge is -2.14. The largest absolute Gasteiger partial charge is 0.497 e. The summed E-state index contributed by atoms with van der Waals surface area (Å²) in [7, 11) is 1.67. The number of hydrogen-bond acceptors (Lipinski definition) is 3. The first-order chi connectivity index (χ1) is 9.11. The van der Waals surface area contributed by atoms with Crippen LogP contribution in [0.1, 0.15) is 24.9 Å². The van der Waals surface area contributed by atoms with E-state index in [-0.39, 0.29) is 6.04 Å². The molecule has 0 spiro atoms. The van der Waals surface area contributed by atoms with Crippen molar-refractivity contribution >= 4 is 17.4 Å². The van der Waals surface area contributed by atoms with E-state index in [0.29, 0.717) is 10.8 Å². The van der Waals surface area contributed by atoms with E-state index in [9.17, 15) is 0 Å². The lowest BCUT2D eigenvalue weighted by Crippen LogP contribution is -2.11. The summed E-state index contributed by atoms with van der Waals surface area (Å²) >= 11 is 5.90. The van der Waals surface area contributed by atoms with Crippen molar-refractivity contribution in [1.29, 1.82) is 0 Å². The van der Waals surface area contributed by atoms with Crippen molar-refractivity contribution in [2.45, 2.75) is 25.8 Å². The van der Waals surface area contributed by atoms with Crippen molar-refractivity contribution in [1.82, 2.24) is 9.78 Å². The van der Waals surface area contributed by atoms with Crippen LogP contribution in [0.2, 0.25) is 5.02 Å². The molecule has 0 aliphatic carbocycles. The third-order valence-electron chi connectivity index (χ3n) is 3.21. The number of hydrogen-bond donors (Lipinski definition) is 1. The minimum absolute atomic E-state index is 0.217. The summed E-state index contributed by atoms with van der Waals surface area (Å²) in [5.41, 5.74) is 7.13. The zero-order valence-electron chi connectivity index (χ0n) is 11.1. The number of aromatic nitrogens is 2. The van der Waals surface area contributed by atoms with Crippen molar-refractivity contribution in [3.63, 3.8) is 0 Å². The van der Waals surface area contributed by atoms with E-state index in [4.69, 9.17) is 22.1 Å². The van der Waals surface area contributed by atoms with Crippen molar-refractivity contribution < 1.29 is 4.74 Å². The molecule has 102 valence electrons. The maximum absolute atomic E-state index is 5.90. The monoisotopic (exact) mass is 279 g/mol. The van der Waals surface area contributed by atoms with Gasteiger partial charge in [-0.3, -0.25) is 0 Å². The van der Waals surface area contributed by atoms with E-state index in [1.165, 1.54) is 5.56 Å². The topological polar surface area (TPSA) is 53.1 Å². The number of aryl methyl sites for hydroxylation is 1. The van der Waals surface area contributed by atoms with E-state index in [1.54, 1.807) is 18.0 Å². The molecule has 0 bridgehead atoms. The Morgan fingerprint density at radius 1 is 1.37 bits per heavy atom. The number of halogens is 1. The van der Waals surface area contributed by atoms with E-state index in [0.717, 1.165) is 18.6 Å². The summed E-state index contributed by atoms with van der Waals surface area (Å²) < 4.78 is 6.91. The van der Waals surface area contributed by atoms with Gasteiger partial charge >= 0.3 is 0 Å². The molecule has 1 heterocycles. The minimum atomic E-state index is 0.217. The van der Waals surface area contributed by atoms with Gasteiger partial charge in [0, 0.05) is 0 Å². The third kappa shape index (κ3) is 3.20. The van der Waals surface area contributed by atoms with Gasteiger partial charge in [0.2, 0.25) is 0 Å². The molecule has 19 heavy (non-hydrogen) atoms. The molecular weight excluding hydrogens is 262 g/mol. The highest BCUT2D eigenvalue weighted by Gasteiger charge is 2.11. The molecule has 1 aromatic carbocycles. The van der Waals surface area contributed by atoms with Crippen LogP contribution in [0.3, 0.4) is 0 Å². The van der Waals surface area contributed by atoms with Gasteiger partial charge in [-0.2, -0.15) is 5.10 Å². The van der Waals surface area contributed by atoms with Crippen LogP contribution in [-0.2, 0) is 6.42 Å². The third-order valence-corrected chi connectivity index (χ3v) is 3.51. The van der Waals surface area contributed by atoms with Gasteiger partial charge in [0.1, 0.15) is 16.6 Å². The van der Waals surface area contributed by atoms with Gasteiger partial charge in [-0.05, 0) is 37.5 Å². The fourth-order valence-electron chi connectivity index (χ4n) is 1.99. The van der Waals surface area contributed by atoms with Gasteiger partial charge in [-0.15, -0.1) is 0 Å². The van der Waals surface area contributed by atoms with Crippen LogP contribution >= 0.6 is 11.6 Å². The molecule has 0 radical (unpaired) electrons. The van der Waals surface area contributed by atoms with Crippen LogP contribution in [0, 0.1) is 0 Å². The number of ether oxygens (including phenoxy) is 1. The fourth-order valence-corrected chi connectivity index (χ4v) is 2.12. The molecule has 0 saturated carbocycles. The molecule has 2 aromatic rings. The van der Waals surface area contributed by atoms with Crippen LogP contribution in [0.4, 0.5) is 5.82 Å². The van der Waals surface area contributed by atoms with Crippen molar-refractivity contribution in [3.8, 4) is 5.75 Å². The second-order valence-electron chi connectivity index (χ2n) is 4.56. The predicted octanol–water partition coefficient (Wildman–Crippen LogP) is 3.32. The minimum Gasteiger partial charge on any atom is -0.497 e. The second-order valence-corrected chi connectivity index (χ2v) is 4.97. The molecule has 0 aliphatic heterocycles.